The monoisotopic (exact) mass is 271 g/mol. The molecule has 0 aliphatic rings. The van der Waals surface area contributed by atoms with Crippen LogP contribution < -0.4 is 4.90 Å². The van der Waals surface area contributed by atoms with Crippen molar-refractivity contribution in [3.05, 3.63) is 66.0 Å². The summed E-state index contributed by atoms with van der Waals surface area (Å²) in [7, 11) is 1.74. The van der Waals surface area contributed by atoms with Gasteiger partial charge in [-0.3, -0.25) is 0 Å². The van der Waals surface area contributed by atoms with Crippen LogP contribution in [0.25, 0.3) is 6.08 Å². The van der Waals surface area contributed by atoms with Crippen LogP contribution in [0.2, 0.25) is 0 Å². The molecule has 2 aromatic rings. The van der Waals surface area contributed by atoms with E-state index < -0.39 is 11.8 Å². The topological polar surface area (TPSA) is 40.5 Å². The molecule has 0 heterocycles. The number of carbonyl (C=O) groups is 1. The molecular weight excluding hydrogens is 257 g/mol. The Morgan fingerprint density at radius 1 is 1.15 bits per heavy atom. The normalized spacial score (nSPS) is 10.7. The van der Waals surface area contributed by atoms with E-state index in [1.165, 1.54) is 12.1 Å². The number of hydrogen-bond donors (Lipinski definition) is 1. The second-order valence-electron chi connectivity index (χ2n) is 4.24. The van der Waals surface area contributed by atoms with Gasteiger partial charge in [-0.15, -0.1) is 0 Å². The zero-order chi connectivity index (χ0) is 14.5. The van der Waals surface area contributed by atoms with Gasteiger partial charge >= 0.3 is 5.97 Å². The highest BCUT2D eigenvalue weighted by atomic mass is 19.1. The number of aliphatic carboxylic acids is 1. The lowest BCUT2D eigenvalue weighted by Gasteiger charge is -2.22. The molecule has 0 saturated carbocycles. The molecular formula is C16H14FNO2. The molecule has 2 rings (SSSR count). The second kappa shape index (κ2) is 6.02. The van der Waals surface area contributed by atoms with Crippen LogP contribution in [0.4, 0.5) is 15.8 Å². The number of para-hydroxylation sites is 2. The Hall–Kier alpha value is -2.62. The number of carboxylic acids is 1. The molecule has 1 N–H and O–H groups in total. The van der Waals surface area contributed by atoms with Gasteiger partial charge in [0, 0.05) is 24.4 Å². The Labute approximate surface area is 116 Å². The van der Waals surface area contributed by atoms with Gasteiger partial charge in [0.2, 0.25) is 0 Å². The Morgan fingerprint density at radius 3 is 2.50 bits per heavy atom. The molecule has 0 atom stereocenters. The standard InChI is InChI=1S/C16H14FNO2/c1-18(13-7-3-2-4-8-13)16-12(10-11-15(19)20)6-5-9-14(16)17/h2-11H,1H3,(H,19,20)/b11-10+. The van der Waals surface area contributed by atoms with Gasteiger partial charge < -0.3 is 10.0 Å². The van der Waals surface area contributed by atoms with Crippen molar-refractivity contribution in [2.45, 2.75) is 0 Å². The summed E-state index contributed by atoms with van der Waals surface area (Å²) >= 11 is 0. The van der Waals surface area contributed by atoms with Gasteiger partial charge in [-0.25, -0.2) is 9.18 Å². The third kappa shape index (κ3) is 3.03. The summed E-state index contributed by atoms with van der Waals surface area (Å²) in [5, 5.41) is 8.70. The highest BCUT2D eigenvalue weighted by molar-refractivity contribution is 5.87. The van der Waals surface area contributed by atoms with E-state index >= 15 is 0 Å². The molecule has 102 valence electrons. The molecule has 0 bridgehead atoms. The summed E-state index contributed by atoms with van der Waals surface area (Å²) < 4.78 is 14.1. The molecule has 0 amide bonds. The van der Waals surface area contributed by atoms with Crippen molar-refractivity contribution in [2.24, 2.45) is 0 Å². The molecule has 0 aliphatic carbocycles. The van der Waals surface area contributed by atoms with Crippen molar-refractivity contribution in [3.8, 4) is 0 Å². The van der Waals surface area contributed by atoms with Gasteiger partial charge in [-0.2, -0.15) is 0 Å². The van der Waals surface area contributed by atoms with Crippen LogP contribution in [0.3, 0.4) is 0 Å². The van der Waals surface area contributed by atoms with E-state index in [1.54, 1.807) is 24.1 Å². The first-order valence-electron chi connectivity index (χ1n) is 6.08. The van der Waals surface area contributed by atoms with E-state index in [0.29, 0.717) is 11.3 Å². The van der Waals surface area contributed by atoms with Crippen LogP contribution in [0, 0.1) is 5.82 Å². The molecule has 4 heteroatoms. The van der Waals surface area contributed by atoms with Crippen LogP contribution in [0.15, 0.2) is 54.6 Å². The lowest BCUT2D eigenvalue weighted by Crippen LogP contribution is -2.12. The zero-order valence-electron chi connectivity index (χ0n) is 11.0. The quantitative estimate of drug-likeness (QED) is 0.862. The minimum atomic E-state index is -1.07. The van der Waals surface area contributed by atoms with Gasteiger partial charge in [-0.05, 0) is 24.3 Å². The third-order valence-electron chi connectivity index (χ3n) is 2.90. The minimum absolute atomic E-state index is 0.344. The molecule has 2 aromatic carbocycles. The number of carboxylic acid groups (broad SMARTS) is 1. The van der Waals surface area contributed by atoms with Gasteiger partial charge in [-0.1, -0.05) is 30.3 Å². The Balaban J connectivity index is 2.47. The molecule has 0 aromatic heterocycles. The first kappa shape index (κ1) is 13.8. The SMILES string of the molecule is CN(c1ccccc1)c1c(F)cccc1/C=C/C(=O)O. The van der Waals surface area contributed by atoms with E-state index in [9.17, 15) is 9.18 Å². The van der Waals surface area contributed by atoms with Gasteiger partial charge in [0.15, 0.2) is 0 Å². The summed E-state index contributed by atoms with van der Waals surface area (Å²) in [5.74, 6) is -1.47. The fourth-order valence-corrected chi connectivity index (χ4v) is 1.96. The molecule has 20 heavy (non-hydrogen) atoms. The van der Waals surface area contributed by atoms with Crippen LogP contribution in [-0.2, 0) is 4.79 Å². The summed E-state index contributed by atoms with van der Waals surface area (Å²) in [6.45, 7) is 0. The van der Waals surface area contributed by atoms with E-state index in [2.05, 4.69) is 0 Å². The van der Waals surface area contributed by atoms with E-state index in [4.69, 9.17) is 5.11 Å². The van der Waals surface area contributed by atoms with Crippen LogP contribution in [-0.4, -0.2) is 18.1 Å². The zero-order valence-corrected chi connectivity index (χ0v) is 11.0. The highest BCUT2D eigenvalue weighted by Crippen LogP contribution is 2.30. The number of benzene rings is 2. The maximum Gasteiger partial charge on any atom is 0.328 e. The minimum Gasteiger partial charge on any atom is -0.478 e. The predicted octanol–water partition coefficient (Wildman–Crippen LogP) is 3.69. The Bertz CT molecular complexity index is 638. The highest BCUT2D eigenvalue weighted by Gasteiger charge is 2.12. The second-order valence-corrected chi connectivity index (χ2v) is 4.24. The summed E-state index contributed by atoms with van der Waals surface area (Å²) in [4.78, 5) is 12.3. The van der Waals surface area contributed by atoms with Crippen molar-refractivity contribution in [3.63, 3.8) is 0 Å². The fourth-order valence-electron chi connectivity index (χ4n) is 1.96. The van der Waals surface area contributed by atoms with Gasteiger partial charge in [0.05, 0.1) is 5.69 Å². The largest absolute Gasteiger partial charge is 0.478 e. The average Bonchev–Trinajstić information content (AvgIpc) is 2.45. The maximum absolute atomic E-state index is 14.1. The van der Waals surface area contributed by atoms with Gasteiger partial charge in [0.25, 0.3) is 0 Å². The number of halogens is 1. The van der Waals surface area contributed by atoms with Crippen molar-refractivity contribution in [1.29, 1.82) is 0 Å². The number of anilines is 2. The van der Waals surface area contributed by atoms with Crippen LogP contribution >= 0.6 is 0 Å². The lowest BCUT2D eigenvalue weighted by atomic mass is 10.1. The Morgan fingerprint density at radius 2 is 1.85 bits per heavy atom. The van der Waals surface area contributed by atoms with Crippen molar-refractivity contribution in [2.75, 3.05) is 11.9 Å². The number of hydrogen-bond acceptors (Lipinski definition) is 2. The number of rotatable bonds is 4. The molecule has 0 unspecified atom stereocenters. The van der Waals surface area contributed by atoms with Gasteiger partial charge in [0.1, 0.15) is 5.82 Å². The van der Waals surface area contributed by atoms with Crippen LogP contribution in [0.1, 0.15) is 5.56 Å². The van der Waals surface area contributed by atoms with E-state index in [1.807, 2.05) is 30.3 Å². The lowest BCUT2D eigenvalue weighted by molar-refractivity contribution is -0.131. The maximum atomic E-state index is 14.1. The molecule has 0 spiro atoms. The smallest absolute Gasteiger partial charge is 0.328 e. The fraction of sp³-hybridized carbons (Fsp3) is 0.0625. The van der Waals surface area contributed by atoms with Crippen molar-refractivity contribution < 1.29 is 14.3 Å². The number of nitrogens with zero attached hydrogens (tertiary/aromatic N) is 1. The Kier molecular flexibility index (Phi) is 4.15. The first-order chi connectivity index (χ1) is 9.59. The van der Waals surface area contributed by atoms with Crippen molar-refractivity contribution >= 4 is 23.4 Å². The molecule has 3 nitrogen and oxygen atoms in total. The summed E-state index contributed by atoms with van der Waals surface area (Å²) in [5.41, 5.74) is 1.68. The third-order valence-corrected chi connectivity index (χ3v) is 2.90. The summed E-state index contributed by atoms with van der Waals surface area (Å²) in [6, 6.07) is 13.9. The molecule has 0 saturated heterocycles. The van der Waals surface area contributed by atoms with E-state index in [-0.39, 0.29) is 0 Å². The molecule has 0 aliphatic heterocycles. The van der Waals surface area contributed by atoms with Crippen LogP contribution in [0.5, 0.6) is 0 Å². The summed E-state index contributed by atoms with van der Waals surface area (Å²) in [6.07, 6.45) is 2.39. The first-order valence-corrected chi connectivity index (χ1v) is 6.08. The van der Waals surface area contributed by atoms with E-state index in [0.717, 1.165) is 11.8 Å². The van der Waals surface area contributed by atoms with Crippen molar-refractivity contribution in [1.82, 2.24) is 0 Å². The predicted molar refractivity (Wildman–Crippen MR) is 77.6 cm³/mol. The molecule has 0 radical (unpaired) electrons. The average molecular weight is 271 g/mol. The molecule has 0 fully saturated rings.